The zero-order valence-corrected chi connectivity index (χ0v) is 8.45. The lowest BCUT2D eigenvalue weighted by Gasteiger charge is -2.18. The van der Waals surface area contributed by atoms with E-state index in [0.29, 0.717) is 0 Å². The minimum absolute atomic E-state index is 0.0141. The molecule has 0 heterocycles. The monoisotopic (exact) mass is 182 g/mol. The number of allylic oxidation sites excluding steroid dienone is 1. The van der Waals surface area contributed by atoms with Crippen molar-refractivity contribution in [3.63, 3.8) is 0 Å². The third-order valence-electron chi connectivity index (χ3n) is 2.44. The summed E-state index contributed by atoms with van der Waals surface area (Å²) in [6.45, 7) is 3.72. The molecule has 2 heteroatoms. The SMILES string of the molecule is CC(=O)OC1/C=C/CCC(C)CC1. The van der Waals surface area contributed by atoms with E-state index in [4.69, 9.17) is 4.74 Å². The summed E-state index contributed by atoms with van der Waals surface area (Å²) in [6, 6.07) is 0. The van der Waals surface area contributed by atoms with E-state index >= 15 is 0 Å². The van der Waals surface area contributed by atoms with Crippen LogP contribution in [-0.4, -0.2) is 12.1 Å². The fraction of sp³-hybridized carbons (Fsp3) is 0.727. The third kappa shape index (κ3) is 4.11. The average Bonchev–Trinajstić information content (AvgIpc) is 2.03. The first-order valence-electron chi connectivity index (χ1n) is 5.02. The van der Waals surface area contributed by atoms with E-state index in [-0.39, 0.29) is 12.1 Å². The molecule has 2 atom stereocenters. The molecule has 0 fully saturated rings. The van der Waals surface area contributed by atoms with E-state index in [9.17, 15) is 4.79 Å². The summed E-state index contributed by atoms with van der Waals surface area (Å²) in [5.41, 5.74) is 0. The number of carbonyl (C=O) groups is 1. The Bertz CT molecular complexity index is 196. The molecule has 1 aliphatic rings. The van der Waals surface area contributed by atoms with Crippen LogP contribution in [0, 0.1) is 5.92 Å². The van der Waals surface area contributed by atoms with Gasteiger partial charge >= 0.3 is 5.97 Å². The molecule has 0 aromatic carbocycles. The number of rotatable bonds is 1. The largest absolute Gasteiger partial charge is 0.458 e. The molecule has 1 rings (SSSR count). The van der Waals surface area contributed by atoms with E-state index < -0.39 is 0 Å². The first-order chi connectivity index (χ1) is 6.18. The van der Waals surface area contributed by atoms with Crippen molar-refractivity contribution in [2.75, 3.05) is 0 Å². The molecule has 1 aliphatic carbocycles. The second-order valence-corrected chi connectivity index (χ2v) is 3.84. The van der Waals surface area contributed by atoms with E-state index in [1.54, 1.807) is 0 Å². The average molecular weight is 182 g/mol. The number of hydrogen-bond acceptors (Lipinski definition) is 2. The molecule has 0 amide bonds. The zero-order chi connectivity index (χ0) is 9.68. The van der Waals surface area contributed by atoms with Gasteiger partial charge in [0.15, 0.2) is 0 Å². The van der Waals surface area contributed by atoms with Gasteiger partial charge in [-0.3, -0.25) is 4.79 Å². The molecule has 2 unspecified atom stereocenters. The van der Waals surface area contributed by atoms with Crippen molar-refractivity contribution >= 4 is 5.97 Å². The van der Waals surface area contributed by atoms with Crippen molar-refractivity contribution in [1.29, 1.82) is 0 Å². The molecule has 13 heavy (non-hydrogen) atoms. The minimum Gasteiger partial charge on any atom is -0.458 e. The van der Waals surface area contributed by atoms with Crippen LogP contribution in [0.15, 0.2) is 12.2 Å². The lowest BCUT2D eigenvalue weighted by Crippen LogP contribution is -2.16. The Balaban J connectivity index is 2.44. The van der Waals surface area contributed by atoms with E-state index in [1.807, 2.05) is 6.08 Å². The molecule has 0 spiro atoms. The van der Waals surface area contributed by atoms with Gasteiger partial charge in [-0.05, 0) is 37.7 Å². The van der Waals surface area contributed by atoms with Crippen LogP contribution in [0.5, 0.6) is 0 Å². The summed E-state index contributed by atoms with van der Waals surface area (Å²) in [6.07, 6.45) is 8.65. The predicted molar refractivity (Wildman–Crippen MR) is 52.3 cm³/mol. The maximum Gasteiger partial charge on any atom is 0.303 e. The van der Waals surface area contributed by atoms with Crippen molar-refractivity contribution in [2.24, 2.45) is 5.92 Å². The lowest BCUT2D eigenvalue weighted by atomic mass is 9.95. The second kappa shape index (κ2) is 5.05. The van der Waals surface area contributed by atoms with Crippen molar-refractivity contribution in [3.05, 3.63) is 12.2 Å². The van der Waals surface area contributed by atoms with Crippen molar-refractivity contribution in [1.82, 2.24) is 0 Å². The summed E-state index contributed by atoms with van der Waals surface area (Å²) < 4.78 is 5.15. The van der Waals surface area contributed by atoms with E-state index in [0.717, 1.165) is 25.2 Å². The summed E-state index contributed by atoms with van der Waals surface area (Å²) in [7, 11) is 0. The van der Waals surface area contributed by atoms with Gasteiger partial charge < -0.3 is 4.74 Å². The number of carbonyl (C=O) groups excluding carboxylic acids is 1. The Morgan fingerprint density at radius 1 is 1.38 bits per heavy atom. The summed E-state index contributed by atoms with van der Waals surface area (Å²) >= 11 is 0. The fourth-order valence-electron chi connectivity index (χ4n) is 1.63. The Morgan fingerprint density at radius 3 is 2.85 bits per heavy atom. The quantitative estimate of drug-likeness (QED) is 0.460. The van der Waals surface area contributed by atoms with Gasteiger partial charge in [-0.2, -0.15) is 0 Å². The van der Waals surface area contributed by atoms with Crippen LogP contribution in [0.3, 0.4) is 0 Å². The highest BCUT2D eigenvalue weighted by Gasteiger charge is 2.12. The van der Waals surface area contributed by atoms with Gasteiger partial charge in [0.2, 0.25) is 0 Å². The van der Waals surface area contributed by atoms with Crippen molar-refractivity contribution in [3.8, 4) is 0 Å². The number of esters is 1. The molecular weight excluding hydrogens is 164 g/mol. The molecule has 0 aromatic rings. The van der Waals surface area contributed by atoms with Crippen molar-refractivity contribution < 1.29 is 9.53 Å². The van der Waals surface area contributed by atoms with Crippen molar-refractivity contribution in [2.45, 2.75) is 45.6 Å². The third-order valence-corrected chi connectivity index (χ3v) is 2.44. The maximum atomic E-state index is 10.7. The maximum absolute atomic E-state index is 10.7. The van der Waals surface area contributed by atoms with Crippen LogP contribution >= 0.6 is 0 Å². The van der Waals surface area contributed by atoms with Crippen LogP contribution in [0.4, 0.5) is 0 Å². The standard InChI is InChI=1S/C11H18O2/c1-9-5-3-4-6-11(8-7-9)13-10(2)12/h4,6,9,11H,3,5,7-8H2,1-2H3/b6-4+. The highest BCUT2D eigenvalue weighted by Crippen LogP contribution is 2.19. The zero-order valence-electron chi connectivity index (χ0n) is 8.45. The lowest BCUT2D eigenvalue weighted by molar-refractivity contribution is -0.144. The summed E-state index contributed by atoms with van der Waals surface area (Å²) in [5, 5.41) is 0. The molecule has 0 bridgehead atoms. The normalized spacial score (nSPS) is 31.5. The second-order valence-electron chi connectivity index (χ2n) is 3.84. The highest BCUT2D eigenvalue weighted by atomic mass is 16.5. The molecule has 0 radical (unpaired) electrons. The highest BCUT2D eigenvalue weighted by molar-refractivity contribution is 5.66. The molecule has 74 valence electrons. The molecule has 0 N–H and O–H groups in total. The first-order valence-corrected chi connectivity index (χ1v) is 5.02. The Kier molecular flexibility index (Phi) is 4.00. The van der Waals surface area contributed by atoms with Gasteiger partial charge in [0.25, 0.3) is 0 Å². The minimum atomic E-state index is -0.178. The van der Waals surface area contributed by atoms with Gasteiger partial charge in [-0.1, -0.05) is 13.0 Å². The predicted octanol–water partition coefficient (Wildman–Crippen LogP) is 2.68. The smallest absolute Gasteiger partial charge is 0.303 e. The van der Waals surface area contributed by atoms with Crippen LogP contribution in [0.2, 0.25) is 0 Å². The molecule has 0 saturated carbocycles. The van der Waals surface area contributed by atoms with E-state index in [1.165, 1.54) is 13.3 Å². The van der Waals surface area contributed by atoms with Crippen LogP contribution in [-0.2, 0) is 9.53 Å². The van der Waals surface area contributed by atoms with Crippen LogP contribution in [0.25, 0.3) is 0 Å². The first kappa shape index (κ1) is 10.3. The van der Waals surface area contributed by atoms with Gasteiger partial charge in [-0.25, -0.2) is 0 Å². The van der Waals surface area contributed by atoms with Gasteiger partial charge in [-0.15, -0.1) is 0 Å². The molecular formula is C11H18O2. The molecule has 0 aliphatic heterocycles. The van der Waals surface area contributed by atoms with Crippen LogP contribution < -0.4 is 0 Å². The Hall–Kier alpha value is -0.790. The topological polar surface area (TPSA) is 26.3 Å². The van der Waals surface area contributed by atoms with Gasteiger partial charge in [0, 0.05) is 6.92 Å². The van der Waals surface area contributed by atoms with Gasteiger partial charge in [0.05, 0.1) is 0 Å². The fourth-order valence-corrected chi connectivity index (χ4v) is 1.63. The number of hydrogen-bond donors (Lipinski definition) is 0. The molecule has 0 saturated heterocycles. The summed E-state index contributed by atoms with van der Waals surface area (Å²) in [5.74, 6) is 0.575. The Morgan fingerprint density at radius 2 is 2.15 bits per heavy atom. The Labute approximate surface area is 80.0 Å². The summed E-state index contributed by atoms with van der Waals surface area (Å²) in [4.78, 5) is 10.7. The van der Waals surface area contributed by atoms with E-state index in [2.05, 4.69) is 13.0 Å². The van der Waals surface area contributed by atoms with Crippen LogP contribution in [0.1, 0.15) is 39.5 Å². The van der Waals surface area contributed by atoms with Gasteiger partial charge in [0.1, 0.15) is 6.10 Å². The molecule has 0 aromatic heterocycles. The molecule has 2 nitrogen and oxygen atoms in total. The number of ether oxygens (including phenoxy) is 1.